The zero-order chi connectivity index (χ0) is 20.5. The molecule has 3 rings (SSSR count). The fourth-order valence-corrected chi connectivity index (χ4v) is 6.97. The Balaban J connectivity index is 0.00000300. The molecule has 1 fully saturated rings. The predicted octanol–water partition coefficient (Wildman–Crippen LogP) is 4.71. The second kappa shape index (κ2) is 9.38. The van der Waals surface area contributed by atoms with Gasteiger partial charge in [0, 0.05) is 37.1 Å². The van der Waals surface area contributed by atoms with E-state index in [9.17, 15) is 13.2 Å². The van der Waals surface area contributed by atoms with Crippen LogP contribution in [0.15, 0.2) is 29.8 Å². The van der Waals surface area contributed by atoms with Crippen molar-refractivity contribution in [3.8, 4) is 0 Å². The second-order valence-electron chi connectivity index (χ2n) is 7.61. The standard InChI is InChI=1S/C21H29ClN2O3S.ClH/c1-4-19(25)24(5-2)15-17-20(16-11-7-8-12-18(16)22)28(26,27)23(3)21(17)13-9-6-10-14-21;/h7-8,11-12H,4-6,9-10,13-15H2,1-3H3;1H. The molecule has 0 saturated heterocycles. The zero-order valence-corrected chi connectivity index (χ0v) is 19.7. The number of sulfonamides is 1. The summed E-state index contributed by atoms with van der Waals surface area (Å²) in [5.41, 5.74) is 0.799. The van der Waals surface area contributed by atoms with Crippen LogP contribution < -0.4 is 0 Å². The maximum Gasteiger partial charge on any atom is 0.244 e. The number of rotatable bonds is 5. The molecule has 0 atom stereocenters. The Bertz CT molecular complexity index is 893. The first-order chi connectivity index (χ1) is 13.3. The van der Waals surface area contributed by atoms with Gasteiger partial charge in [-0.25, -0.2) is 8.42 Å². The van der Waals surface area contributed by atoms with Crippen molar-refractivity contribution >= 4 is 44.8 Å². The number of hydrogen-bond donors (Lipinski definition) is 0. The van der Waals surface area contributed by atoms with E-state index in [2.05, 4.69) is 0 Å². The molecule has 0 aromatic heterocycles. The molecule has 0 radical (unpaired) electrons. The quantitative estimate of drug-likeness (QED) is 0.638. The maximum atomic E-state index is 13.5. The minimum absolute atomic E-state index is 0. The summed E-state index contributed by atoms with van der Waals surface area (Å²) in [5.74, 6) is 0.0337. The molecule has 1 aliphatic carbocycles. The summed E-state index contributed by atoms with van der Waals surface area (Å²) in [7, 11) is -2.01. The normalized spacial score (nSPS) is 20.6. The van der Waals surface area contributed by atoms with Crippen LogP contribution in [0, 0.1) is 0 Å². The fourth-order valence-electron chi connectivity index (χ4n) is 4.63. The molecule has 1 heterocycles. The van der Waals surface area contributed by atoms with E-state index in [4.69, 9.17) is 11.6 Å². The van der Waals surface area contributed by atoms with Gasteiger partial charge in [0.1, 0.15) is 0 Å². The number of halogens is 2. The highest BCUT2D eigenvalue weighted by Gasteiger charge is 2.54. The Kier molecular flexibility index (Phi) is 7.82. The van der Waals surface area contributed by atoms with E-state index >= 15 is 0 Å². The molecule has 1 aliphatic heterocycles. The van der Waals surface area contributed by atoms with Crippen molar-refractivity contribution in [2.24, 2.45) is 0 Å². The first-order valence-electron chi connectivity index (χ1n) is 10.0. The molecule has 1 spiro atoms. The van der Waals surface area contributed by atoms with Crippen molar-refractivity contribution in [2.45, 2.75) is 57.9 Å². The van der Waals surface area contributed by atoms with Gasteiger partial charge >= 0.3 is 0 Å². The minimum Gasteiger partial charge on any atom is -0.339 e. The van der Waals surface area contributed by atoms with Crippen LogP contribution in [0.4, 0.5) is 0 Å². The first kappa shape index (κ1) is 24.2. The molecule has 2 aliphatic rings. The molecule has 0 bridgehead atoms. The third-order valence-electron chi connectivity index (χ3n) is 6.24. The molecule has 1 saturated carbocycles. The van der Waals surface area contributed by atoms with Crippen LogP contribution in [0.5, 0.6) is 0 Å². The maximum absolute atomic E-state index is 13.5. The van der Waals surface area contributed by atoms with Crippen molar-refractivity contribution in [2.75, 3.05) is 20.1 Å². The molecule has 8 heteroatoms. The summed E-state index contributed by atoms with van der Waals surface area (Å²) in [6.07, 6.45) is 5.03. The number of amides is 1. The first-order valence-corrected chi connectivity index (χ1v) is 11.9. The van der Waals surface area contributed by atoms with Crippen LogP contribution in [-0.2, 0) is 14.8 Å². The highest BCUT2D eigenvalue weighted by molar-refractivity contribution is 7.98. The third kappa shape index (κ3) is 4.09. The van der Waals surface area contributed by atoms with Crippen molar-refractivity contribution in [1.82, 2.24) is 9.21 Å². The van der Waals surface area contributed by atoms with Gasteiger partial charge in [-0.2, -0.15) is 4.31 Å². The lowest BCUT2D eigenvalue weighted by Crippen LogP contribution is -2.49. The number of hydrogen-bond acceptors (Lipinski definition) is 3. The highest BCUT2D eigenvalue weighted by Crippen LogP contribution is 2.52. The van der Waals surface area contributed by atoms with Gasteiger partial charge in [-0.05, 0) is 31.4 Å². The summed E-state index contributed by atoms with van der Waals surface area (Å²) >= 11 is 6.43. The van der Waals surface area contributed by atoms with E-state index in [-0.39, 0.29) is 18.3 Å². The Hall–Kier alpha value is -1.08. The zero-order valence-electron chi connectivity index (χ0n) is 17.3. The SMILES string of the molecule is CCC(=O)N(CC)CC1=C(c2ccccc2Cl)S(=O)(=O)N(C)C12CCCCC2.Cl. The Labute approximate surface area is 185 Å². The van der Waals surface area contributed by atoms with Crippen LogP contribution in [0.1, 0.15) is 57.9 Å². The lowest BCUT2D eigenvalue weighted by atomic mass is 9.75. The minimum atomic E-state index is -3.69. The van der Waals surface area contributed by atoms with Crippen molar-refractivity contribution < 1.29 is 13.2 Å². The van der Waals surface area contributed by atoms with E-state index in [0.29, 0.717) is 35.0 Å². The molecule has 29 heavy (non-hydrogen) atoms. The Morgan fingerprint density at radius 2 is 1.79 bits per heavy atom. The summed E-state index contributed by atoms with van der Waals surface area (Å²) in [6, 6.07) is 7.09. The van der Waals surface area contributed by atoms with E-state index in [1.807, 2.05) is 19.9 Å². The molecule has 1 aromatic rings. The monoisotopic (exact) mass is 460 g/mol. The van der Waals surface area contributed by atoms with Gasteiger partial charge < -0.3 is 4.90 Å². The third-order valence-corrected chi connectivity index (χ3v) is 8.62. The van der Waals surface area contributed by atoms with E-state index in [1.165, 1.54) is 0 Å². The average Bonchev–Trinajstić information content (AvgIpc) is 2.85. The number of nitrogens with zero attached hydrogens (tertiary/aromatic N) is 2. The van der Waals surface area contributed by atoms with Gasteiger partial charge in [0.2, 0.25) is 15.9 Å². The van der Waals surface area contributed by atoms with Gasteiger partial charge in [0.05, 0.1) is 10.4 Å². The van der Waals surface area contributed by atoms with Crippen LogP contribution in [-0.4, -0.2) is 49.2 Å². The molecule has 1 aromatic carbocycles. The van der Waals surface area contributed by atoms with E-state index in [0.717, 1.165) is 37.7 Å². The van der Waals surface area contributed by atoms with Crippen LogP contribution in [0.3, 0.4) is 0 Å². The largest absolute Gasteiger partial charge is 0.339 e. The Morgan fingerprint density at radius 3 is 2.34 bits per heavy atom. The van der Waals surface area contributed by atoms with Crippen molar-refractivity contribution in [3.05, 3.63) is 40.4 Å². The summed E-state index contributed by atoms with van der Waals surface area (Å²) < 4.78 is 28.6. The molecule has 0 unspecified atom stereocenters. The topological polar surface area (TPSA) is 57.7 Å². The number of benzene rings is 1. The number of carbonyl (C=O) groups is 1. The van der Waals surface area contributed by atoms with Crippen LogP contribution >= 0.6 is 24.0 Å². The smallest absolute Gasteiger partial charge is 0.244 e. The Morgan fingerprint density at radius 1 is 1.17 bits per heavy atom. The van der Waals surface area contributed by atoms with Gasteiger partial charge in [-0.3, -0.25) is 4.79 Å². The molecule has 162 valence electrons. The number of likely N-dealkylation sites (N-methyl/N-ethyl adjacent to an activating group) is 2. The second-order valence-corrected chi connectivity index (χ2v) is 9.93. The van der Waals surface area contributed by atoms with E-state index in [1.54, 1.807) is 34.5 Å². The average molecular weight is 461 g/mol. The van der Waals surface area contributed by atoms with Gasteiger partial charge in [-0.15, -0.1) is 12.4 Å². The molecule has 0 N–H and O–H groups in total. The van der Waals surface area contributed by atoms with Gasteiger partial charge in [0.25, 0.3) is 0 Å². The van der Waals surface area contributed by atoms with Crippen LogP contribution in [0.25, 0.3) is 4.91 Å². The molecular weight excluding hydrogens is 431 g/mol. The van der Waals surface area contributed by atoms with E-state index < -0.39 is 15.6 Å². The lowest BCUT2D eigenvalue weighted by Gasteiger charge is -2.41. The highest BCUT2D eigenvalue weighted by atomic mass is 35.5. The summed E-state index contributed by atoms with van der Waals surface area (Å²) in [4.78, 5) is 14.5. The lowest BCUT2D eigenvalue weighted by molar-refractivity contribution is -0.130. The van der Waals surface area contributed by atoms with Gasteiger partial charge in [0.15, 0.2) is 0 Å². The summed E-state index contributed by atoms with van der Waals surface area (Å²) in [5, 5.41) is 0.421. The van der Waals surface area contributed by atoms with Crippen molar-refractivity contribution in [1.29, 1.82) is 0 Å². The molecule has 1 amide bonds. The van der Waals surface area contributed by atoms with Crippen LogP contribution in [0.2, 0.25) is 5.02 Å². The molecule has 5 nitrogen and oxygen atoms in total. The predicted molar refractivity (Wildman–Crippen MR) is 121 cm³/mol. The fraction of sp³-hybridized carbons (Fsp3) is 0.571. The van der Waals surface area contributed by atoms with Gasteiger partial charge in [-0.1, -0.05) is 56.0 Å². The number of carbonyl (C=O) groups excluding carboxylic acids is 1. The summed E-state index contributed by atoms with van der Waals surface area (Å²) in [6.45, 7) is 4.64. The molecular formula is C21H30Cl2N2O3S. The van der Waals surface area contributed by atoms with Crippen molar-refractivity contribution in [3.63, 3.8) is 0 Å².